The maximum Gasteiger partial charge on any atom is 0.236 e. The van der Waals surface area contributed by atoms with E-state index in [0.29, 0.717) is 16.1 Å². The van der Waals surface area contributed by atoms with Crippen LogP contribution in [-0.4, -0.2) is 20.7 Å². The second-order valence-corrected chi connectivity index (χ2v) is 6.31. The Morgan fingerprint density at radius 3 is 2.62 bits per heavy atom. The molecule has 1 heterocycles. The molecule has 0 saturated carbocycles. The molecule has 0 radical (unpaired) electrons. The number of ether oxygens (including phenoxy) is 1. The third-order valence-electron chi connectivity index (χ3n) is 3.08. The first-order valence-electron chi connectivity index (χ1n) is 6.44. The Bertz CT molecular complexity index is 597. The fourth-order valence-corrected chi connectivity index (χ4v) is 2.10. The van der Waals surface area contributed by atoms with E-state index in [9.17, 15) is 4.79 Å². The predicted octanol–water partition coefficient (Wildman–Crippen LogP) is 4.10. The largest absolute Gasteiger partial charge is 0.463 e. The molecule has 0 amide bonds. The minimum Gasteiger partial charge on any atom is -0.463 e. The van der Waals surface area contributed by atoms with Crippen LogP contribution in [0, 0.1) is 5.41 Å². The van der Waals surface area contributed by atoms with Gasteiger partial charge in [-0.25, -0.2) is 4.98 Å². The Labute approximate surface area is 137 Å². The van der Waals surface area contributed by atoms with Crippen LogP contribution in [0.5, 0.6) is 5.75 Å². The van der Waals surface area contributed by atoms with Crippen molar-refractivity contribution in [3.05, 3.63) is 48.0 Å². The second kappa shape index (κ2) is 6.62. The van der Waals surface area contributed by atoms with E-state index in [1.54, 1.807) is 47.6 Å². The number of ketones is 1. The minimum absolute atomic E-state index is 0.0349. The molecular weight excluding hydrogens is 356 g/mol. The summed E-state index contributed by atoms with van der Waals surface area (Å²) < 4.78 is 7.51. The molecule has 1 aromatic carbocycles. The number of Topliss-reactive ketones (excluding diaryl/α,β-unsaturated/α-hetero) is 1. The van der Waals surface area contributed by atoms with Gasteiger partial charge in [0, 0.05) is 28.2 Å². The van der Waals surface area contributed by atoms with Crippen molar-refractivity contribution in [3.63, 3.8) is 0 Å². The average Bonchev–Trinajstić information content (AvgIpc) is 3.00. The van der Waals surface area contributed by atoms with E-state index in [1.807, 2.05) is 13.8 Å². The highest BCUT2D eigenvalue weighted by Gasteiger charge is 2.35. The standard InChI is InChI=1S/C15H16BrClN2O2/c1-15(2,9-16)13(20)14(19-8-7-18-10-19)21-12-5-3-11(17)4-6-12/h3-8,10,14H,9H2,1-2H3. The van der Waals surface area contributed by atoms with E-state index < -0.39 is 11.6 Å². The van der Waals surface area contributed by atoms with Crippen LogP contribution in [-0.2, 0) is 4.79 Å². The van der Waals surface area contributed by atoms with E-state index in [0.717, 1.165) is 0 Å². The third kappa shape index (κ3) is 3.86. The van der Waals surface area contributed by atoms with E-state index >= 15 is 0 Å². The number of carbonyl (C=O) groups is 1. The number of alkyl halides is 1. The zero-order chi connectivity index (χ0) is 15.5. The predicted molar refractivity (Wildman–Crippen MR) is 85.9 cm³/mol. The summed E-state index contributed by atoms with van der Waals surface area (Å²) >= 11 is 9.24. The van der Waals surface area contributed by atoms with Crippen molar-refractivity contribution in [1.82, 2.24) is 9.55 Å². The van der Waals surface area contributed by atoms with Crippen molar-refractivity contribution < 1.29 is 9.53 Å². The van der Waals surface area contributed by atoms with Crippen LogP contribution in [0.25, 0.3) is 0 Å². The lowest BCUT2D eigenvalue weighted by molar-refractivity contribution is -0.137. The van der Waals surface area contributed by atoms with Crippen LogP contribution in [0.2, 0.25) is 5.02 Å². The molecule has 2 aromatic rings. The maximum atomic E-state index is 12.7. The molecule has 21 heavy (non-hydrogen) atoms. The molecule has 1 aromatic heterocycles. The lowest BCUT2D eigenvalue weighted by atomic mass is 9.89. The van der Waals surface area contributed by atoms with Crippen LogP contribution in [0.4, 0.5) is 0 Å². The number of halogens is 2. The second-order valence-electron chi connectivity index (χ2n) is 5.32. The molecule has 1 atom stereocenters. The molecule has 0 N–H and O–H groups in total. The first-order valence-corrected chi connectivity index (χ1v) is 7.94. The van der Waals surface area contributed by atoms with Gasteiger partial charge in [0.05, 0.1) is 6.33 Å². The molecule has 2 rings (SSSR count). The van der Waals surface area contributed by atoms with Gasteiger partial charge >= 0.3 is 0 Å². The van der Waals surface area contributed by atoms with Crippen molar-refractivity contribution in [2.75, 3.05) is 5.33 Å². The summed E-state index contributed by atoms with van der Waals surface area (Å²) in [4.78, 5) is 16.7. The molecule has 0 aliphatic heterocycles. The van der Waals surface area contributed by atoms with Crippen LogP contribution < -0.4 is 4.74 Å². The average molecular weight is 372 g/mol. The summed E-state index contributed by atoms with van der Waals surface area (Å²) in [6, 6.07) is 6.92. The fourth-order valence-electron chi connectivity index (χ4n) is 1.70. The maximum absolute atomic E-state index is 12.7. The van der Waals surface area contributed by atoms with Gasteiger partial charge in [0.15, 0.2) is 0 Å². The number of hydrogen-bond acceptors (Lipinski definition) is 3. The van der Waals surface area contributed by atoms with Gasteiger partial charge in [0.1, 0.15) is 5.75 Å². The normalized spacial score (nSPS) is 13.0. The molecule has 112 valence electrons. The Hall–Kier alpha value is -1.33. The van der Waals surface area contributed by atoms with Gasteiger partial charge in [-0.1, -0.05) is 41.4 Å². The topological polar surface area (TPSA) is 44.1 Å². The summed E-state index contributed by atoms with van der Waals surface area (Å²) in [5.74, 6) is 0.546. The Morgan fingerprint density at radius 1 is 1.43 bits per heavy atom. The summed E-state index contributed by atoms with van der Waals surface area (Å²) in [5.41, 5.74) is -0.554. The molecule has 0 bridgehead atoms. The van der Waals surface area contributed by atoms with Crippen LogP contribution in [0.15, 0.2) is 43.0 Å². The minimum atomic E-state index is -0.763. The Morgan fingerprint density at radius 2 is 2.10 bits per heavy atom. The van der Waals surface area contributed by atoms with Gasteiger partial charge in [-0.05, 0) is 24.3 Å². The highest BCUT2D eigenvalue weighted by molar-refractivity contribution is 9.09. The van der Waals surface area contributed by atoms with E-state index in [1.165, 1.54) is 0 Å². The lowest BCUT2D eigenvalue weighted by Gasteiger charge is -2.27. The molecule has 1 unspecified atom stereocenters. The molecule has 6 heteroatoms. The summed E-state index contributed by atoms with van der Waals surface area (Å²) in [5, 5.41) is 1.17. The van der Waals surface area contributed by atoms with Crippen molar-refractivity contribution in [2.24, 2.45) is 5.41 Å². The summed E-state index contributed by atoms with van der Waals surface area (Å²) in [6.07, 6.45) is 4.14. The third-order valence-corrected chi connectivity index (χ3v) is 4.74. The highest BCUT2D eigenvalue weighted by Crippen LogP contribution is 2.29. The summed E-state index contributed by atoms with van der Waals surface area (Å²) in [6.45, 7) is 3.75. The van der Waals surface area contributed by atoms with Crippen molar-refractivity contribution in [1.29, 1.82) is 0 Å². The van der Waals surface area contributed by atoms with Gasteiger partial charge in [0.25, 0.3) is 0 Å². The number of carbonyl (C=O) groups excluding carboxylic acids is 1. The van der Waals surface area contributed by atoms with Gasteiger partial charge in [-0.15, -0.1) is 0 Å². The smallest absolute Gasteiger partial charge is 0.236 e. The van der Waals surface area contributed by atoms with Gasteiger partial charge < -0.3 is 4.74 Å². The van der Waals surface area contributed by atoms with Gasteiger partial charge in [-0.2, -0.15) is 0 Å². The molecule has 0 saturated heterocycles. The van der Waals surface area contributed by atoms with Crippen molar-refractivity contribution in [3.8, 4) is 5.75 Å². The number of benzene rings is 1. The van der Waals surface area contributed by atoms with Crippen LogP contribution in [0.3, 0.4) is 0 Å². The van der Waals surface area contributed by atoms with Crippen LogP contribution in [0.1, 0.15) is 20.1 Å². The van der Waals surface area contributed by atoms with E-state index in [-0.39, 0.29) is 5.78 Å². The molecular formula is C15H16BrClN2O2. The van der Waals surface area contributed by atoms with Crippen LogP contribution >= 0.6 is 27.5 Å². The number of rotatable bonds is 6. The van der Waals surface area contributed by atoms with Crippen molar-refractivity contribution >= 4 is 33.3 Å². The monoisotopic (exact) mass is 370 g/mol. The number of aromatic nitrogens is 2. The molecule has 0 aliphatic carbocycles. The Balaban J connectivity index is 2.29. The zero-order valence-corrected chi connectivity index (χ0v) is 14.1. The molecule has 0 fully saturated rings. The molecule has 0 aliphatic rings. The first kappa shape index (κ1) is 16.0. The molecule has 0 spiro atoms. The zero-order valence-electron chi connectivity index (χ0n) is 11.8. The SMILES string of the molecule is CC(C)(CBr)C(=O)C(Oc1ccc(Cl)cc1)n1ccnc1. The quantitative estimate of drug-likeness (QED) is 0.718. The number of nitrogens with zero attached hydrogens (tertiary/aromatic N) is 2. The Kier molecular flexibility index (Phi) is 5.06. The lowest BCUT2D eigenvalue weighted by Crippen LogP contribution is -2.36. The van der Waals surface area contributed by atoms with Crippen molar-refractivity contribution in [2.45, 2.75) is 20.1 Å². The molecule has 4 nitrogen and oxygen atoms in total. The highest BCUT2D eigenvalue weighted by atomic mass is 79.9. The first-order chi connectivity index (χ1) is 9.94. The fraction of sp³-hybridized carbons (Fsp3) is 0.333. The summed E-state index contributed by atoms with van der Waals surface area (Å²) in [7, 11) is 0. The van der Waals surface area contributed by atoms with Gasteiger partial charge in [-0.3, -0.25) is 9.36 Å². The van der Waals surface area contributed by atoms with E-state index in [2.05, 4.69) is 20.9 Å². The van der Waals surface area contributed by atoms with Gasteiger partial charge in [0.2, 0.25) is 12.0 Å². The number of imidazole rings is 1. The number of hydrogen-bond donors (Lipinski definition) is 0. The van der Waals surface area contributed by atoms with E-state index in [4.69, 9.17) is 16.3 Å².